The Kier molecular flexibility index (Phi) is 14.4. The van der Waals surface area contributed by atoms with E-state index in [-0.39, 0.29) is 17.7 Å². The Hall–Kier alpha value is -0.590. The van der Waals surface area contributed by atoms with Gasteiger partial charge in [-0.25, -0.2) is 0 Å². The van der Waals surface area contributed by atoms with E-state index in [1.165, 1.54) is 25.0 Å². The molecule has 0 saturated heterocycles. The zero-order valence-electron chi connectivity index (χ0n) is 16.3. The van der Waals surface area contributed by atoms with Gasteiger partial charge >= 0.3 is 0 Å². The van der Waals surface area contributed by atoms with Crippen molar-refractivity contribution < 1.29 is 9.59 Å². The molecule has 0 bridgehead atoms. The molecule has 1 unspecified atom stereocenters. The first-order chi connectivity index (χ1) is 11.4. The molecule has 24 heavy (non-hydrogen) atoms. The highest BCUT2D eigenvalue weighted by molar-refractivity contribution is 7.98. The van der Waals surface area contributed by atoms with Crippen molar-refractivity contribution in [3.8, 4) is 0 Å². The standard InChI is InChI=1S/C18H37N3O2S/c1-16(22)15-17(18(23)19-11-10-12-20(2)3)21(4)13-8-6-7-9-14-24-5/h17H,6-15H2,1-5H3,(H,19,23). The van der Waals surface area contributed by atoms with Crippen molar-refractivity contribution in [3.63, 3.8) is 0 Å². The van der Waals surface area contributed by atoms with Crippen LogP contribution in [-0.2, 0) is 9.59 Å². The second kappa shape index (κ2) is 14.7. The summed E-state index contributed by atoms with van der Waals surface area (Å²) in [5.41, 5.74) is 0. The van der Waals surface area contributed by atoms with Gasteiger partial charge in [0.25, 0.3) is 0 Å². The molecular formula is C18H37N3O2S. The summed E-state index contributed by atoms with van der Waals surface area (Å²) in [5.74, 6) is 1.27. The molecule has 0 aromatic carbocycles. The number of Topliss-reactive ketones (excluding diaryl/α,β-unsaturated/α-hetero) is 1. The maximum Gasteiger partial charge on any atom is 0.237 e. The Labute approximate surface area is 152 Å². The Morgan fingerprint density at radius 3 is 2.25 bits per heavy atom. The zero-order valence-corrected chi connectivity index (χ0v) is 17.1. The molecule has 0 aromatic heterocycles. The monoisotopic (exact) mass is 359 g/mol. The predicted molar refractivity (Wildman–Crippen MR) is 105 cm³/mol. The van der Waals surface area contributed by atoms with Crippen LogP contribution in [0.2, 0.25) is 0 Å². The summed E-state index contributed by atoms with van der Waals surface area (Å²) in [6, 6.07) is -0.340. The predicted octanol–water partition coefficient (Wildman–Crippen LogP) is 2.26. The summed E-state index contributed by atoms with van der Waals surface area (Å²) >= 11 is 1.89. The third kappa shape index (κ3) is 12.8. The Morgan fingerprint density at radius 2 is 1.67 bits per heavy atom. The molecule has 0 fully saturated rings. The second-order valence-corrected chi connectivity index (χ2v) is 7.74. The fourth-order valence-corrected chi connectivity index (χ4v) is 3.06. The molecule has 6 heteroatoms. The molecule has 0 saturated carbocycles. The number of thioether (sulfide) groups is 1. The Morgan fingerprint density at radius 1 is 1.00 bits per heavy atom. The molecule has 0 aliphatic rings. The van der Waals surface area contributed by atoms with Crippen LogP contribution in [0.4, 0.5) is 0 Å². The third-order valence-corrected chi connectivity index (χ3v) is 4.70. The number of amides is 1. The van der Waals surface area contributed by atoms with E-state index in [1.54, 1.807) is 6.92 Å². The van der Waals surface area contributed by atoms with Crippen LogP contribution in [0.3, 0.4) is 0 Å². The van der Waals surface area contributed by atoms with Crippen molar-refractivity contribution in [3.05, 3.63) is 0 Å². The Balaban J connectivity index is 4.21. The number of carbonyl (C=O) groups is 2. The Bertz CT molecular complexity index is 351. The van der Waals surface area contributed by atoms with Gasteiger partial charge in [0.2, 0.25) is 5.91 Å². The highest BCUT2D eigenvalue weighted by atomic mass is 32.2. The van der Waals surface area contributed by atoms with E-state index in [9.17, 15) is 9.59 Å². The first-order valence-corrected chi connectivity index (χ1v) is 10.4. The molecule has 0 rings (SSSR count). The van der Waals surface area contributed by atoms with Crippen LogP contribution < -0.4 is 5.32 Å². The van der Waals surface area contributed by atoms with Crippen LogP contribution in [0.15, 0.2) is 0 Å². The highest BCUT2D eigenvalue weighted by Crippen LogP contribution is 2.09. The SMILES string of the molecule is CSCCCCCCN(C)C(CC(C)=O)C(=O)NCCCN(C)C. The molecule has 0 radical (unpaired) electrons. The molecular weight excluding hydrogens is 322 g/mol. The van der Waals surface area contributed by atoms with Crippen LogP contribution in [0.25, 0.3) is 0 Å². The van der Waals surface area contributed by atoms with Gasteiger partial charge < -0.3 is 10.2 Å². The summed E-state index contributed by atoms with van der Waals surface area (Å²) in [5, 5.41) is 2.98. The maximum atomic E-state index is 12.4. The summed E-state index contributed by atoms with van der Waals surface area (Å²) in [4.78, 5) is 28.1. The van der Waals surface area contributed by atoms with Gasteiger partial charge in [-0.05, 0) is 72.4 Å². The molecule has 1 N–H and O–H groups in total. The first kappa shape index (κ1) is 23.4. The molecule has 0 aromatic rings. The number of rotatable bonds is 15. The van der Waals surface area contributed by atoms with E-state index < -0.39 is 0 Å². The number of carbonyl (C=O) groups excluding carboxylic acids is 2. The lowest BCUT2D eigenvalue weighted by atomic mass is 10.1. The fraction of sp³-hybridized carbons (Fsp3) is 0.889. The first-order valence-electron chi connectivity index (χ1n) is 8.99. The maximum absolute atomic E-state index is 12.4. The third-order valence-electron chi connectivity index (χ3n) is 4.01. The number of nitrogens with zero attached hydrogens (tertiary/aromatic N) is 2. The van der Waals surface area contributed by atoms with Gasteiger partial charge in [0.1, 0.15) is 5.78 Å². The van der Waals surface area contributed by atoms with Crippen LogP contribution >= 0.6 is 11.8 Å². The number of hydrogen-bond donors (Lipinski definition) is 1. The van der Waals surface area contributed by atoms with Crippen molar-refractivity contribution in [2.45, 2.75) is 51.5 Å². The van der Waals surface area contributed by atoms with Crippen molar-refractivity contribution in [1.82, 2.24) is 15.1 Å². The number of nitrogens with one attached hydrogen (secondary N) is 1. The summed E-state index contributed by atoms with van der Waals surface area (Å²) < 4.78 is 0. The average molecular weight is 360 g/mol. The average Bonchev–Trinajstić information content (AvgIpc) is 2.51. The summed E-state index contributed by atoms with van der Waals surface area (Å²) in [6.45, 7) is 4.03. The van der Waals surface area contributed by atoms with Crippen molar-refractivity contribution >= 4 is 23.5 Å². The van der Waals surface area contributed by atoms with Crippen molar-refractivity contribution in [2.24, 2.45) is 0 Å². The van der Waals surface area contributed by atoms with Crippen molar-refractivity contribution in [2.75, 3.05) is 52.8 Å². The molecule has 1 atom stereocenters. The van der Waals surface area contributed by atoms with Crippen LogP contribution in [0, 0.1) is 0 Å². The second-order valence-electron chi connectivity index (χ2n) is 6.76. The van der Waals surface area contributed by atoms with Gasteiger partial charge in [0.15, 0.2) is 0 Å². The summed E-state index contributed by atoms with van der Waals surface area (Å²) in [7, 11) is 6.00. The molecule has 0 spiro atoms. The van der Waals surface area contributed by atoms with E-state index in [0.29, 0.717) is 13.0 Å². The van der Waals surface area contributed by atoms with Crippen LogP contribution in [0.5, 0.6) is 0 Å². The molecule has 0 heterocycles. The fourth-order valence-electron chi connectivity index (χ4n) is 2.56. The van der Waals surface area contributed by atoms with Crippen LogP contribution in [-0.4, -0.2) is 80.3 Å². The number of hydrogen-bond acceptors (Lipinski definition) is 5. The smallest absolute Gasteiger partial charge is 0.237 e. The lowest BCUT2D eigenvalue weighted by Crippen LogP contribution is -2.47. The minimum absolute atomic E-state index is 0.0196. The molecule has 0 aliphatic carbocycles. The molecule has 5 nitrogen and oxygen atoms in total. The van der Waals surface area contributed by atoms with Gasteiger partial charge in [0, 0.05) is 13.0 Å². The van der Waals surface area contributed by atoms with E-state index in [0.717, 1.165) is 25.9 Å². The van der Waals surface area contributed by atoms with E-state index in [1.807, 2.05) is 37.8 Å². The van der Waals surface area contributed by atoms with Gasteiger partial charge in [0.05, 0.1) is 6.04 Å². The lowest BCUT2D eigenvalue weighted by Gasteiger charge is -2.26. The van der Waals surface area contributed by atoms with Crippen LogP contribution in [0.1, 0.15) is 45.4 Å². The van der Waals surface area contributed by atoms with E-state index >= 15 is 0 Å². The van der Waals surface area contributed by atoms with Gasteiger partial charge in [-0.3, -0.25) is 14.5 Å². The van der Waals surface area contributed by atoms with Gasteiger partial charge in [-0.15, -0.1) is 0 Å². The molecule has 0 aliphatic heterocycles. The van der Waals surface area contributed by atoms with E-state index in [4.69, 9.17) is 0 Å². The number of unbranched alkanes of at least 4 members (excludes halogenated alkanes) is 3. The van der Waals surface area contributed by atoms with Crippen molar-refractivity contribution in [1.29, 1.82) is 0 Å². The lowest BCUT2D eigenvalue weighted by molar-refractivity contribution is -0.129. The van der Waals surface area contributed by atoms with E-state index in [2.05, 4.69) is 16.5 Å². The minimum Gasteiger partial charge on any atom is -0.355 e. The normalized spacial score (nSPS) is 12.6. The molecule has 142 valence electrons. The minimum atomic E-state index is -0.340. The highest BCUT2D eigenvalue weighted by Gasteiger charge is 2.24. The largest absolute Gasteiger partial charge is 0.355 e. The molecule has 1 amide bonds. The quantitative estimate of drug-likeness (QED) is 0.455. The zero-order chi connectivity index (χ0) is 18.4. The van der Waals surface area contributed by atoms with Gasteiger partial charge in [-0.2, -0.15) is 11.8 Å². The number of ketones is 1. The topological polar surface area (TPSA) is 52.7 Å². The van der Waals surface area contributed by atoms with Gasteiger partial charge in [-0.1, -0.05) is 12.8 Å². The number of likely N-dealkylation sites (N-methyl/N-ethyl adjacent to an activating group) is 1. The summed E-state index contributed by atoms with van der Waals surface area (Å²) in [6.07, 6.45) is 8.11.